The average Bonchev–Trinajstić information content (AvgIpc) is 3.33. The van der Waals surface area contributed by atoms with E-state index in [1.807, 2.05) is 91.0 Å². The van der Waals surface area contributed by atoms with Gasteiger partial charge in [-0.05, 0) is 56.2 Å². The molecule has 1 saturated heterocycles. The summed E-state index contributed by atoms with van der Waals surface area (Å²) >= 11 is 0. The minimum absolute atomic E-state index is 0.0203. The van der Waals surface area contributed by atoms with Crippen molar-refractivity contribution < 1.29 is 18.3 Å². The van der Waals surface area contributed by atoms with Crippen LogP contribution in [0.3, 0.4) is 0 Å². The summed E-state index contributed by atoms with van der Waals surface area (Å²) < 4.78 is 28.2. The average molecular weight is 493 g/mol. The van der Waals surface area contributed by atoms with Gasteiger partial charge in [0.2, 0.25) is 5.78 Å². The van der Waals surface area contributed by atoms with Crippen LogP contribution in [-0.4, -0.2) is 41.9 Å². The second kappa shape index (κ2) is 8.46. The highest BCUT2D eigenvalue weighted by atomic mass is 32.2. The van der Waals surface area contributed by atoms with Crippen molar-refractivity contribution >= 4 is 39.0 Å². The second-order valence-electron chi connectivity index (χ2n) is 9.03. The van der Waals surface area contributed by atoms with E-state index in [4.69, 9.17) is 0 Å². The van der Waals surface area contributed by atoms with Gasteiger partial charge in [0, 0.05) is 6.54 Å². The molecule has 1 N–H and O–H groups in total. The summed E-state index contributed by atoms with van der Waals surface area (Å²) in [6.07, 6.45) is 1.15. The Hall–Kier alpha value is -2.79. The molecular formula is C27H27NO4PS+. The van der Waals surface area contributed by atoms with Crippen molar-refractivity contribution in [2.45, 2.75) is 25.3 Å². The lowest BCUT2D eigenvalue weighted by molar-refractivity contribution is -0.112. The highest BCUT2D eigenvalue weighted by molar-refractivity contribution is 7.97. The molecule has 2 aliphatic heterocycles. The highest BCUT2D eigenvalue weighted by Gasteiger charge is 2.59. The van der Waals surface area contributed by atoms with Gasteiger partial charge in [-0.1, -0.05) is 54.6 Å². The number of nitrogens with zero attached hydrogens (tertiary/aromatic N) is 1. The van der Waals surface area contributed by atoms with Crippen LogP contribution in [0.25, 0.3) is 0 Å². The van der Waals surface area contributed by atoms with Crippen molar-refractivity contribution in [2.75, 3.05) is 12.7 Å². The lowest BCUT2D eigenvalue weighted by Gasteiger charge is -2.27. The summed E-state index contributed by atoms with van der Waals surface area (Å²) in [5.41, 5.74) is -1.03. The maximum absolute atomic E-state index is 14.0. The molecule has 5 nitrogen and oxygen atoms in total. The fraction of sp³-hybridized carbons (Fsp3) is 0.222. The third kappa shape index (κ3) is 3.36. The lowest BCUT2D eigenvalue weighted by Crippen LogP contribution is -2.40. The minimum Gasteiger partial charge on any atom is -0.509 e. The number of Topliss-reactive ketones (excluding diaryl/α,β-unsaturated/α-hetero) is 1. The lowest BCUT2D eigenvalue weighted by atomic mass is 9.97. The molecule has 0 radical (unpaired) electrons. The SMILES string of the molecule is CC12CCCN1S(=O)(=O)C(C(=O)C[P+](c1ccccc1)(c1ccccc1)c1ccccc1)=C2O. The molecule has 1 unspecified atom stereocenters. The van der Waals surface area contributed by atoms with Gasteiger partial charge >= 0.3 is 0 Å². The van der Waals surface area contributed by atoms with E-state index in [9.17, 15) is 18.3 Å². The Bertz CT molecular complexity index is 1260. The molecule has 5 rings (SSSR count). The van der Waals surface area contributed by atoms with E-state index in [1.165, 1.54) is 4.31 Å². The van der Waals surface area contributed by atoms with Gasteiger partial charge in [0.25, 0.3) is 10.0 Å². The van der Waals surface area contributed by atoms with E-state index in [1.54, 1.807) is 6.92 Å². The van der Waals surface area contributed by atoms with E-state index >= 15 is 0 Å². The van der Waals surface area contributed by atoms with Gasteiger partial charge in [-0.2, -0.15) is 4.31 Å². The number of hydrogen-bond acceptors (Lipinski definition) is 4. The summed E-state index contributed by atoms with van der Waals surface area (Å²) in [5.74, 6) is -0.833. The molecule has 0 aliphatic carbocycles. The van der Waals surface area contributed by atoms with Gasteiger partial charge in [0.05, 0.1) is 5.54 Å². The molecule has 1 fully saturated rings. The molecule has 3 aromatic carbocycles. The molecule has 3 aromatic rings. The molecule has 7 heteroatoms. The Labute approximate surface area is 201 Å². The molecule has 2 aliphatic rings. The topological polar surface area (TPSA) is 74.7 Å². The number of fused-ring (bicyclic) bond motifs is 1. The number of benzene rings is 3. The molecule has 2 heterocycles. The molecule has 1 atom stereocenters. The zero-order chi connectivity index (χ0) is 24.0. The normalized spacial score (nSPS) is 22.0. The number of ketones is 1. The Balaban J connectivity index is 1.72. The van der Waals surface area contributed by atoms with E-state index in [-0.39, 0.29) is 11.9 Å². The summed E-state index contributed by atoms with van der Waals surface area (Å²) in [6, 6.07) is 29.5. The molecule has 174 valence electrons. The maximum atomic E-state index is 14.0. The number of allylic oxidation sites excluding steroid dienone is 1. The van der Waals surface area contributed by atoms with Gasteiger partial charge in [-0.15, -0.1) is 0 Å². The Morgan fingerprint density at radius 2 is 1.32 bits per heavy atom. The zero-order valence-electron chi connectivity index (χ0n) is 19.0. The largest absolute Gasteiger partial charge is 0.509 e. The van der Waals surface area contributed by atoms with E-state index < -0.39 is 33.5 Å². The van der Waals surface area contributed by atoms with Crippen LogP contribution in [0.15, 0.2) is 102 Å². The van der Waals surface area contributed by atoms with E-state index in [0.29, 0.717) is 19.4 Å². The smallest absolute Gasteiger partial charge is 0.251 e. The molecular weight excluding hydrogens is 465 g/mol. The van der Waals surface area contributed by atoms with Gasteiger partial charge < -0.3 is 5.11 Å². The third-order valence-electron chi connectivity index (χ3n) is 7.07. The molecule has 0 aromatic heterocycles. The van der Waals surface area contributed by atoms with Crippen molar-refractivity contribution in [2.24, 2.45) is 0 Å². The Morgan fingerprint density at radius 3 is 1.74 bits per heavy atom. The highest BCUT2D eigenvalue weighted by Crippen LogP contribution is 2.56. The predicted octanol–water partition coefficient (Wildman–Crippen LogP) is 3.52. The first-order valence-corrected chi connectivity index (χ1v) is 14.8. The molecule has 34 heavy (non-hydrogen) atoms. The molecule has 0 saturated carbocycles. The van der Waals surface area contributed by atoms with Gasteiger partial charge in [-0.25, -0.2) is 8.42 Å². The minimum atomic E-state index is -4.06. The van der Waals surface area contributed by atoms with Crippen LogP contribution in [0.5, 0.6) is 0 Å². The first-order chi connectivity index (χ1) is 16.3. The van der Waals surface area contributed by atoms with Crippen molar-refractivity contribution in [1.29, 1.82) is 0 Å². The van der Waals surface area contributed by atoms with Gasteiger partial charge in [-0.3, -0.25) is 4.79 Å². The number of rotatable bonds is 6. The maximum Gasteiger partial charge on any atom is 0.251 e. The van der Waals surface area contributed by atoms with Crippen LogP contribution in [-0.2, 0) is 14.8 Å². The fourth-order valence-electron chi connectivity index (χ4n) is 5.37. The van der Waals surface area contributed by atoms with Gasteiger partial charge in [0.15, 0.2) is 4.91 Å². The standard InChI is InChI=1S/C27H26NO4PS/c1-27-18-11-19-28(27)34(31,32)25(26(27)30)24(29)20-33(21-12-5-2-6-13-21,22-14-7-3-8-15-22)23-16-9-4-10-17-23/h2-10,12-17H,11,18-20H2,1H3/p+1. The zero-order valence-corrected chi connectivity index (χ0v) is 20.7. The summed E-state index contributed by atoms with van der Waals surface area (Å²) in [4.78, 5) is 13.6. The number of sulfonamides is 1. The van der Waals surface area contributed by atoms with E-state index in [0.717, 1.165) is 15.9 Å². The Kier molecular flexibility index (Phi) is 5.71. The Morgan fingerprint density at radius 1 is 0.882 bits per heavy atom. The van der Waals surface area contributed by atoms with Crippen molar-refractivity contribution in [1.82, 2.24) is 4.31 Å². The van der Waals surface area contributed by atoms with Crippen LogP contribution < -0.4 is 15.9 Å². The van der Waals surface area contributed by atoms with Crippen LogP contribution in [0.2, 0.25) is 0 Å². The number of carbonyl (C=O) groups is 1. The summed E-state index contributed by atoms with van der Waals surface area (Å²) in [5, 5.41) is 14.0. The third-order valence-corrected chi connectivity index (χ3v) is 13.5. The number of hydrogen-bond donors (Lipinski definition) is 1. The monoisotopic (exact) mass is 492 g/mol. The summed E-state index contributed by atoms with van der Waals surface area (Å²) in [7, 11) is -6.63. The first-order valence-electron chi connectivity index (χ1n) is 11.4. The predicted molar refractivity (Wildman–Crippen MR) is 138 cm³/mol. The second-order valence-corrected chi connectivity index (χ2v) is 14.3. The van der Waals surface area contributed by atoms with Crippen LogP contribution in [0.4, 0.5) is 0 Å². The fourth-order valence-corrected chi connectivity index (χ4v) is 11.7. The quantitative estimate of drug-likeness (QED) is 0.535. The molecule has 0 amide bonds. The van der Waals surface area contributed by atoms with E-state index in [2.05, 4.69) is 0 Å². The number of aliphatic hydroxyl groups excluding tert-OH is 1. The van der Waals surface area contributed by atoms with Crippen molar-refractivity contribution in [3.63, 3.8) is 0 Å². The van der Waals surface area contributed by atoms with Gasteiger partial charge in [0.1, 0.15) is 35.1 Å². The van der Waals surface area contributed by atoms with Crippen LogP contribution >= 0.6 is 7.26 Å². The summed E-state index contributed by atoms with van der Waals surface area (Å²) in [6.45, 7) is 2.02. The first kappa shape index (κ1) is 23.0. The number of aliphatic hydroxyl groups is 1. The van der Waals surface area contributed by atoms with Crippen molar-refractivity contribution in [3.05, 3.63) is 102 Å². The van der Waals surface area contributed by atoms with Crippen LogP contribution in [0.1, 0.15) is 19.8 Å². The number of carbonyl (C=O) groups excluding carboxylic acids is 1. The van der Waals surface area contributed by atoms with Crippen molar-refractivity contribution in [3.8, 4) is 0 Å². The molecule has 0 spiro atoms. The molecule has 0 bridgehead atoms. The van der Waals surface area contributed by atoms with Crippen LogP contribution in [0, 0.1) is 0 Å².